The Bertz CT molecular complexity index is 668. The first kappa shape index (κ1) is 17.8. The Balaban J connectivity index is 1.68. The SMILES string of the molecule is C=C1CC/C(=C/CP(Oc2ccccc2)Oc2ccccc2)C[C@H]1C. The van der Waals surface area contributed by atoms with Gasteiger partial charge in [-0.25, -0.2) is 0 Å². The van der Waals surface area contributed by atoms with Crippen molar-refractivity contribution in [1.82, 2.24) is 0 Å². The Morgan fingerprint density at radius 3 is 2.04 bits per heavy atom. The fraction of sp³-hybridized carbons (Fsp3) is 0.273. The van der Waals surface area contributed by atoms with E-state index in [1.165, 1.54) is 11.1 Å². The second-order valence-corrected chi connectivity index (χ2v) is 7.85. The summed E-state index contributed by atoms with van der Waals surface area (Å²) in [7, 11) is -1.06. The van der Waals surface area contributed by atoms with E-state index in [1.54, 1.807) is 0 Å². The van der Waals surface area contributed by atoms with Crippen molar-refractivity contribution in [2.45, 2.75) is 26.2 Å². The van der Waals surface area contributed by atoms with Gasteiger partial charge in [0, 0.05) is 0 Å². The fourth-order valence-electron chi connectivity index (χ4n) is 2.89. The Morgan fingerprint density at radius 2 is 1.52 bits per heavy atom. The van der Waals surface area contributed by atoms with Crippen molar-refractivity contribution in [3.63, 3.8) is 0 Å². The Kier molecular flexibility index (Phi) is 6.30. The molecule has 0 bridgehead atoms. The normalized spacial score (nSPS) is 19.2. The number of allylic oxidation sites excluding steroid dienone is 3. The summed E-state index contributed by atoms with van der Waals surface area (Å²) >= 11 is 0. The summed E-state index contributed by atoms with van der Waals surface area (Å²) in [5.41, 5.74) is 2.88. The average Bonchev–Trinajstić information content (AvgIpc) is 2.64. The first-order valence-corrected chi connectivity index (χ1v) is 10.2. The summed E-state index contributed by atoms with van der Waals surface area (Å²) in [4.78, 5) is 0. The van der Waals surface area contributed by atoms with Crippen LogP contribution in [0, 0.1) is 5.92 Å². The molecular weight excluding hydrogens is 327 g/mol. The van der Waals surface area contributed by atoms with Gasteiger partial charge in [-0.05, 0) is 49.4 Å². The Morgan fingerprint density at radius 1 is 0.960 bits per heavy atom. The van der Waals surface area contributed by atoms with Gasteiger partial charge in [0.15, 0.2) is 0 Å². The highest BCUT2D eigenvalue weighted by molar-refractivity contribution is 7.48. The highest BCUT2D eigenvalue weighted by Crippen LogP contribution is 2.41. The zero-order valence-corrected chi connectivity index (χ0v) is 15.6. The maximum absolute atomic E-state index is 6.14. The lowest BCUT2D eigenvalue weighted by Gasteiger charge is -2.24. The lowest BCUT2D eigenvalue weighted by molar-refractivity contribution is 0.492. The monoisotopic (exact) mass is 352 g/mol. The molecule has 0 radical (unpaired) electrons. The van der Waals surface area contributed by atoms with Gasteiger partial charge in [0.25, 0.3) is 8.38 Å². The van der Waals surface area contributed by atoms with Gasteiger partial charge in [-0.15, -0.1) is 0 Å². The third kappa shape index (κ3) is 5.47. The van der Waals surface area contributed by atoms with E-state index in [0.717, 1.165) is 36.9 Å². The molecule has 25 heavy (non-hydrogen) atoms. The second-order valence-electron chi connectivity index (χ2n) is 6.45. The lowest BCUT2D eigenvalue weighted by Crippen LogP contribution is -2.08. The van der Waals surface area contributed by atoms with Crippen LogP contribution in [-0.2, 0) is 0 Å². The summed E-state index contributed by atoms with van der Waals surface area (Å²) in [5.74, 6) is 2.29. The van der Waals surface area contributed by atoms with Crippen molar-refractivity contribution in [3.8, 4) is 11.5 Å². The van der Waals surface area contributed by atoms with Gasteiger partial charge in [-0.2, -0.15) is 0 Å². The minimum absolute atomic E-state index is 0.580. The van der Waals surface area contributed by atoms with E-state index in [9.17, 15) is 0 Å². The van der Waals surface area contributed by atoms with Gasteiger partial charge >= 0.3 is 0 Å². The van der Waals surface area contributed by atoms with Crippen LogP contribution in [0.15, 0.2) is 84.5 Å². The first-order chi connectivity index (χ1) is 12.2. The minimum Gasteiger partial charge on any atom is -0.438 e. The molecule has 3 rings (SSSR count). The molecule has 2 aromatic carbocycles. The van der Waals surface area contributed by atoms with Gasteiger partial charge < -0.3 is 9.05 Å². The topological polar surface area (TPSA) is 18.5 Å². The standard InChI is InChI=1S/C22H25O2P/c1-18-13-14-20(17-19(18)2)15-16-25(23-21-9-5-3-6-10-21)24-22-11-7-4-8-12-22/h3-12,15,19H,1,13-14,16-17H2,2H3/b20-15-/t19-/m1/s1. The minimum atomic E-state index is -1.06. The molecule has 0 amide bonds. The smallest absolute Gasteiger partial charge is 0.294 e. The van der Waals surface area contributed by atoms with E-state index in [0.29, 0.717) is 5.92 Å². The van der Waals surface area contributed by atoms with Gasteiger partial charge in [0.2, 0.25) is 0 Å². The summed E-state index contributed by atoms with van der Waals surface area (Å²) in [6.45, 7) is 6.43. The largest absolute Gasteiger partial charge is 0.438 e. The van der Waals surface area contributed by atoms with Crippen LogP contribution in [0.25, 0.3) is 0 Å². The summed E-state index contributed by atoms with van der Waals surface area (Å²) in [6.07, 6.45) is 6.44. The van der Waals surface area contributed by atoms with Crippen molar-refractivity contribution in [3.05, 3.63) is 84.5 Å². The molecule has 1 saturated carbocycles. The molecule has 0 N–H and O–H groups in total. The van der Waals surface area contributed by atoms with Gasteiger partial charge in [0.1, 0.15) is 11.5 Å². The highest BCUT2D eigenvalue weighted by Gasteiger charge is 2.18. The Hall–Kier alpha value is -2.05. The number of rotatable bonds is 6. The molecule has 0 unspecified atom stereocenters. The first-order valence-electron chi connectivity index (χ1n) is 8.80. The average molecular weight is 352 g/mol. The fourth-order valence-corrected chi connectivity index (χ4v) is 4.19. The molecule has 3 heteroatoms. The number of hydrogen-bond donors (Lipinski definition) is 0. The molecule has 0 aromatic heterocycles. The number of para-hydroxylation sites is 2. The van der Waals surface area contributed by atoms with Crippen LogP contribution in [0.5, 0.6) is 11.5 Å². The van der Waals surface area contributed by atoms with Crippen LogP contribution in [0.2, 0.25) is 0 Å². The van der Waals surface area contributed by atoms with Crippen LogP contribution in [0.1, 0.15) is 26.2 Å². The van der Waals surface area contributed by atoms with E-state index in [1.807, 2.05) is 60.7 Å². The molecular formula is C22H25O2P. The van der Waals surface area contributed by atoms with Gasteiger partial charge in [-0.3, -0.25) is 0 Å². The molecule has 1 aliphatic carbocycles. The molecule has 2 aromatic rings. The van der Waals surface area contributed by atoms with E-state index in [2.05, 4.69) is 19.6 Å². The van der Waals surface area contributed by atoms with Crippen LogP contribution < -0.4 is 9.05 Å². The van der Waals surface area contributed by atoms with Crippen LogP contribution in [-0.4, -0.2) is 6.16 Å². The predicted molar refractivity (Wildman–Crippen MR) is 106 cm³/mol. The second kappa shape index (κ2) is 8.87. The third-order valence-electron chi connectivity index (χ3n) is 4.46. The van der Waals surface area contributed by atoms with Crippen LogP contribution in [0.3, 0.4) is 0 Å². The molecule has 0 saturated heterocycles. The molecule has 1 atom stereocenters. The third-order valence-corrected chi connectivity index (χ3v) is 5.77. The summed E-state index contributed by atoms with van der Waals surface area (Å²) < 4.78 is 12.3. The zero-order chi connectivity index (χ0) is 17.5. The van der Waals surface area contributed by atoms with Gasteiger partial charge in [0.05, 0.1) is 6.16 Å². The van der Waals surface area contributed by atoms with Crippen molar-refractivity contribution in [1.29, 1.82) is 0 Å². The van der Waals surface area contributed by atoms with Crippen molar-refractivity contribution < 1.29 is 9.05 Å². The molecule has 1 fully saturated rings. The van der Waals surface area contributed by atoms with E-state index in [-0.39, 0.29) is 0 Å². The molecule has 0 aliphatic heterocycles. The van der Waals surface area contributed by atoms with Crippen LogP contribution in [0.4, 0.5) is 0 Å². The molecule has 0 spiro atoms. The lowest BCUT2D eigenvalue weighted by atomic mass is 9.83. The zero-order valence-electron chi connectivity index (χ0n) is 14.7. The molecule has 2 nitrogen and oxygen atoms in total. The van der Waals surface area contributed by atoms with Crippen molar-refractivity contribution in [2.75, 3.05) is 6.16 Å². The Labute approximate surface area is 152 Å². The number of benzene rings is 2. The maximum atomic E-state index is 6.14. The predicted octanol–water partition coefficient (Wildman–Crippen LogP) is 6.76. The van der Waals surface area contributed by atoms with E-state index >= 15 is 0 Å². The van der Waals surface area contributed by atoms with Gasteiger partial charge in [-0.1, -0.05) is 67.1 Å². The maximum Gasteiger partial charge on any atom is 0.294 e. The van der Waals surface area contributed by atoms with Crippen molar-refractivity contribution >= 4 is 8.38 Å². The molecule has 130 valence electrons. The summed E-state index contributed by atoms with van der Waals surface area (Å²) in [5, 5.41) is 0. The van der Waals surface area contributed by atoms with Crippen molar-refractivity contribution in [2.24, 2.45) is 5.92 Å². The van der Waals surface area contributed by atoms with E-state index < -0.39 is 8.38 Å². The number of hydrogen-bond acceptors (Lipinski definition) is 2. The van der Waals surface area contributed by atoms with E-state index in [4.69, 9.17) is 9.05 Å². The summed E-state index contributed by atoms with van der Waals surface area (Å²) in [6, 6.07) is 19.8. The molecule has 0 heterocycles. The molecule has 1 aliphatic rings. The van der Waals surface area contributed by atoms with Crippen LogP contribution >= 0.6 is 8.38 Å². The quantitative estimate of drug-likeness (QED) is 0.422. The highest BCUT2D eigenvalue weighted by atomic mass is 31.2.